The Balaban J connectivity index is 2.07. The zero-order chi connectivity index (χ0) is 9.97. The highest BCUT2D eigenvalue weighted by Gasteiger charge is 2.21. The summed E-state index contributed by atoms with van der Waals surface area (Å²) in [6.07, 6.45) is 0. The number of hydrogen-bond donors (Lipinski definition) is 2. The van der Waals surface area contributed by atoms with Crippen LogP contribution >= 0.6 is 0 Å². The Morgan fingerprint density at radius 1 is 1.36 bits per heavy atom. The number of benzene rings is 1. The first kappa shape index (κ1) is 9.49. The number of likely N-dealkylation sites (N-methyl/N-ethyl adjacent to an activating group) is 1. The maximum atomic E-state index is 5.55. The molecule has 0 atom stereocenters. The molecule has 0 aromatic heterocycles. The molecule has 0 saturated carbocycles. The molecule has 1 heterocycles. The zero-order valence-electron chi connectivity index (χ0n) is 8.53. The van der Waals surface area contributed by atoms with Crippen LogP contribution in [0, 0.1) is 0 Å². The molecule has 76 valence electrons. The topological polar surface area (TPSA) is 41.3 Å². The van der Waals surface area contributed by atoms with Crippen LogP contribution in [0.5, 0.6) is 0 Å². The van der Waals surface area contributed by atoms with Gasteiger partial charge < -0.3 is 16.0 Å². The third-order valence-electron chi connectivity index (χ3n) is 2.89. The number of hydrogen-bond acceptors (Lipinski definition) is 3. The second-order valence-corrected chi connectivity index (χ2v) is 3.79. The molecule has 0 amide bonds. The van der Waals surface area contributed by atoms with E-state index in [2.05, 4.69) is 41.5 Å². The van der Waals surface area contributed by atoms with Crippen molar-refractivity contribution in [2.75, 3.05) is 25.0 Å². The van der Waals surface area contributed by atoms with Crippen molar-refractivity contribution in [3.05, 3.63) is 29.8 Å². The quantitative estimate of drug-likeness (QED) is 0.733. The molecule has 1 aliphatic rings. The molecule has 3 nitrogen and oxygen atoms in total. The average molecular weight is 191 g/mol. The van der Waals surface area contributed by atoms with E-state index in [0.29, 0.717) is 12.6 Å². The van der Waals surface area contributed by atoms with Crippen molar-refractivity contribution in [1.29, 1.82) is 0 Å². The number of nitrogens with zero attached hydrogens (tertiary/aromatic N) is 1. The fourth-order valence-electron chi connectivity index (χ4n) is 1.63. The summed E-state index contributed by atoms with van der Waals surface area (Å²) in [4.78, 5) is 2.32. The van der Waals surface area contributed by atoms with Crippen molar-refractivity contribution in [2.24, 2.45) is 5.73 Å². The Bertz CT molecular complexity index is 290. The maximum Gasteiger partial charge on any atom is 0.0535 e. The van der Waals surface area contributed by atoms with E-state index in [-0.39, 0.29) is 0 Å². The molecule has 0 spiro atoms. The van der Waals surface area contributed by atoms with Crippen LogP contribution in [0.3, 0.4) is 0 Å². The lowest BCUT2D eigenvalue weighted by Gasteiger charge is -2.37. The Morgan fingerprint density at radius 2 is 2.00 bits per heavy atom. The lowest BCUT2D eigenvalue weighted by atomic mass is 10.1. The molecular weight excluding hydrogens is 174 g/mol. The summed E-state index contributed by atoms with van der Waals surface area (Å²) in [6.45, 7) is 2.80. The minimum absolute atomic E-state index is 0.620. The van der Waals surface area contributed by atoms with Gasteiger partial charge in [-0.3, -0.25) is 0 Å². The fourth-order valence-corrected chi connectivity index (χ4v) is 1.63. The van der Waals surface area contributed by atoms with E-state index in [1.807, 2.05) is 0 Å². The largest absolute Gasteiger partial charge is 0.369 e. The Hall–Kier alpha value is -1.06. The third-order valence-corrected chi connectivity index (χ3v) is 2.89. The van der Waals surface area contributed by atoms with Crippen molar-refractivity contribution in [3.8, 4) is 0 Å². The van der Waals surface area contributed by atoms with Crippen molar-refractivity contribution >= 4 is 5.69 Å². The lowest BCUT2D eigenvalue weighted by Crippen LogP contribution is -2.56. The number of anilines is 1. The molecule has 0 aliphatic carbocycles. The lowest BCUT2D eigenvalue weighted by molar-refractivity contribution is 0.429. The van der Waals surface area contributed by atoms with Crippen LogP contribution in [0.1, 0.15) is 5.56 Å². The second-order valence-electron chi connectivity index (χ2n) is 3.79. The summed E-state index contributed by atoms with van der Waals surface area (Å²) in [5.74, 6) is 0. The maximum absolute atomic E-state index is 5.55. The van der Waals surface area contributed by atoms with Gasteiger partial charge in [-0.05, 0) is 17.7 Å². The van der Waals surface area contributed by atoms with Crippen LogP contribution in [-0.2, 0) is 6.54 Å². The molecule has 1 fully saturated rings. The molecule has 1 aromatic carbocycles. The predicted octanol–water partition coefficient (Wildman–Crippen LogP) is 0.553. The summed E-state index contributed by atoms with van der Waals surface area (Å²) in [5.41, 5.74) is 8.01. The Kier molecular flexibility index (Phi) is 2.70. The van der Waals surface area contributed by atoms with Crippen LogP contribution in [0.2, 0.25) is 0 Å². The van der Waals surface area contributed by atoms with Gasteiger partial charge in [0.15, 0.2) is 0 Å². The second kappa shape index (κ2) is 3.98. The molecule has 0 radical (unpaired) electrons. The minimum Gasteiger partial charge on any atom is -0.369 e. The van der Waals surface area contributed by atoms with E-state index in [1.54, 1.807) is 0 Å². The van der Waals surface area contributed by atoms with E-state index in [1.165, 1.54) is 11.3 Å². The van der Waals surface area contributed by atoms with Crippen molar-refractivity contribution in [1.82, 2.24) is 5.32 Å². The van der Waals surface area contributed by atoms with Gasteiger partial charge in [0.05, 0.1) is 6.04 Å². The smallest absolute Gasteiger partial charge is 0.0535 e. The van der Waals surface area contributed by atoms with Gasteiger partial charge in [0.2, 0.25) is 0 Å². The minimum atomic E-state index is 0.620. The van der Waals surface area contributed by atoms with Gasteiger partial charge in [0.1, 0.15) is 0 Å². The first-order valence-corrected chi connectivity index (χ1v) is 5.04. The summed E-state index contributed by atoms with van der Waals surface area (Å²) >= 11 is 0. The molecule has 1 aliphatic heterocycles. The highest BCUT2D eigenvalue weighted by Crippen LogP contribution is 2.17. The first-order chi connectivity index (χ1) is 6.81. The molecular formula is C11H17N3. The number of nitrogens with one attached hydrogen (secondary N) is 1. The van der Waals surface area contributed by atoms with Gasteiger partial charge in [-0.25, -0.2) is 0 Å². The molecule has 0 bridgehead atoms. The summed E-state index contributed by atoms with van der Waals surface area (Å²) < 4.78 is 0. The highest BCUT2D eigenvalue weighted by atomic mass is 15.2. The monoisotopic (exact) mass is 191 g/mol. The fraction of sp³-hybridized carbons (Fsp3) is 0.455. The van der Waals surface area contributed by atoms with Crippen LogP contribution < -0.4 is 16.0 Å². The normalized spacial score (nSPS) is 16.4. The van der Waals surface area contributed by atoms with Gasteiger partial charge in [0, 0.05) is 32.4 Å². The Morgan fingerprint density at radius 3 is 2.43 bits per heavy atom. The van der Waals surface area contributed by atoms with E-state index in [4.69, 9.17) is 5.73 Å². The van der Waals surface area contributed by atoms with E-state index in [0.717, 1.165) is 13.1 Å². The zero-order valence-corrected chi connectivity index (χ0v) is 8.53. The highest BCUT2D eigenvalue weighted by molar-refractivity contribution is 5.48. The summed E-state index contributed by atoms with van der Waals surface area (Å²) in [7, 11) is 2.14. The van der Waals surface area contributed by atoms with Gasteiger partial charge in [-0.2, -0.15) is 0 Å². The van der Waals surface area contributed by atoms with Crippen molar-refractivity contribution < 1.29 is 0 Å². The van der Waals surface area contributed by atoms with E-state index < -0.39 is 0 Å². The third kappa shape index (κ3) is 1.74. The van der Waals surface area contributed by atoms with E-state index in [9.17, 15) is 0 Å². The van der Waals surface area contributed by atoms with E-state index >= 15 is 0 Å². The molecule has 0 unspecified atom stereocenters. The van der Waals surface area contributed by atoms with Crippen molar-refractivity contribution in [3.63, 3.8) is 0 Å². The molecule has 1 saturated heterocycles. The van der Waals surface area contributed by atoms with Crippen LogP contribution in [0.4, 0.5) is 5.69 Å². The number of nitrogens with two attached hydrogens (primary N) is 1. The van der Waals surface area contributed by atoms with Crippen LogP contribution in [-0.4, -0.2) is 26.2 Å². The predicted molar refractivity (Wildman–Crippen MR) is 59.4 cm³/mol. The molecule has 1 aromatic rings. The van der Waals surface area contributed by atoms with Gasteiger partial charge in [-0.1, -0.05) is 12.1 Å². The van der Waals surface area contributed by atoms with Crippen LogP contribution in [0.25, 0.3) is 0 Å². The summed E-state index contributed by atoms with van der Waals surface area (Å²) in [6, 6.07) is 9.12. The SMILES string of the molecule is CN(c1ccc(CN)cc1)C1CNC1. The standard InChI is InChI=1S/C11H17N3/c1-14(11-7-13-8-11)10-4-2-9(6-12)3-5-10/h2-5,11,13H,6-8,12H2,1H3. The van der Waals surface area contributed by atoms with Gasteiger partial charge in [0.25, 0.3) is 0 Å². The molecule has 2 rings (SSSR count). The molecule has 3 heteroatoms. The molecule has 14 heavy (non-hydrogen) atoms. The van der Waals surface area contributed by atoms with Crippen molar-refractivity contribution in [2.45, 2.75) is 12.6 Å². The average Bonchev–Trinajstić information content (AvgIpc) is 2.15. The van der Waals surface area contributed by atoms with Gasteiger partial charge in [-0.15, -0.1) is 0 Å². The van der Waals surface area contributed by atoms with Crippen LogP contribution in [0.15, 0.2) is 24.3 Å². The number of rotatable bonds is 3. The molecule has 3 N–H and O–H groups in total. The Labute approximate surface area is 84.9 Å². The first-order valence-electron chi connectivity index (χ1n) is 5.04. The van der Waals surface area contributed by atoms with Gasteiger partial charge >= 0.3 is 0 Å². The summed E-state index contributed by atoms with van der Waals surface area (Å²) in [5, 5.41) is 3.27.